The molecule has 0 aliphatic heterocycles. The van der Waals surface area contributed by atoms with Gasteiger partial charge in [0.05, 0.1) is 30.9 Å². The number of ether oxygens (including phenoxy) is 2. The number of thioether (sulfide) groups is 1. The highest BCUT2D eigenvalue weighted by molar-refractivity contribution is 7.98. The van der Waals surface area contributed by atoms with Crippen molar-refractivity contribution in [3.05, 3.63) is 132 Å². The van der Waals surface area contributed by atoms with Crippen molar-refractivity contribution in [1.82, 2.24) is 0 Å². The molecule has 9 heteroatoms. The molecule has 0 aliphatic carbocycles. The van der Waals surface area contributed by atoms with Crippen LogP contribution in [0.1, 0.15) is 87.6 Å². The summed E-state index contributed by atoms with van der Waals surface area (Å²) in [7, 11) is -5.29. The van der Waals surface area contributed by atoms with E-state index in [1.54, 1.807) is 24.8 Å². The van der Waals surface area contributed by atoms with Crippen LogP contribution < -0.4 is 10.4 Å². The van der Waals surface area contributed by atoms with Crippen LogP contribution in [0.3, 0.4) is 0 Å². The third kappa shape index (κ3) is 13.2. The SMILES string of the molecule is C/C=C(/C)C(C/C=C(\C)C(O[Si](c1ccccc1)(c1ccccc1)C(C)(C)C)C(OCc1ccccc1)C(C/C=C(/C)C(=O)O)OCSC)O[Si](C)(C)C(C)(C)C. The van der Waals surface area contributed by atoms with Crippen LogP contribution in [0.4, 0.5) is 0 Å². The average molecular weight is 831 g/mol. The highest BCUT2D eigenvalue weighted by atomic mass is 32.2. The van der Waals surface area contributed by atoms with E-state index in [1.165, 1.54) is 5.57 Å². The van der Waals surface area contributed by atoms with Crippen LogP contribution in [0.2, 0.25) is 23.2 Å². The predicted octanol–water partition coefficient (Wildman–Crippen LogP) is 11.3. The number of rotatable bonds is 21. The van der Waals surface area contributed by atoms with Crippen LogP contribution in [0.5, 0.6) is 0 Å². The molecule has 4 unspecified atom stereocenters. The highest BCUT2D eigenvalue weighted by Gasteiger charge is 2.53. The van der Waals surface area contributed by atoms with Gasteiger partial charge in [0.25, 0.3) is 8.32 Å². The second-order valence-electron chi connectivity index (χ2n) is 17.6. The predicted molar refractivity (Wildman–Crippen MR) is 247 cm³/mol. The molecule has 57 heavy (non-hydrogen) atoms. The molecule has 3 aromatic carbocycles. The summed E-state index contributed by atoms with van der Waals surface area (Å²) >= 11 is 1.58. The van der Waals surface area contributed by atoms with Crippen molar-refractivity contribution in [1.29, 1.82) is 0 Å². The van der Waals surface area contributed by atoms with Gasteiger partial charge in [0.2, 0.25) is 0 Å². The Kier molecular flexibility index (Phi) is 18.5. The molecular weight excluding hydrogens is 761 g/mol. The van der Waals surface area contributed by atoms with E-state index < -0.39 is 40.9 Å². The van der Waals surface area contributed by atoms with Gasteiger partial charge in [0.1, 0.15) is 6.10 Å². The van der Waals surface area contributed by atoms with Gasteiger partial charge in [-0.3, -0.25) is 0 Å². The summed E-state index contributed by atoms with van der Waals surface area (Å²) in [5.74, 6) is -0.545. The van der Waals surface area contributed by atoms with Gasteiger partial charge in [-0.2, -0.15) is 0 Å². The molecule has 0 heterocycles. The van der Waals surface area contributed by atoms with Gasteiger partial charge >= 0.3 is 5.97 Å². The summed E-state index contributed by atoms with van der Waals surface area (Å²) in [6.45, 7) is 26.7. The first-order valence-electron chi connectivity index (χ1n) is 20.2. The fourth-order valence-corrected chi connectivity index (χ4v) is 13.1. The maximum atomic E-state index is 12.1. The molecule has 0 aromatic heterocycles. The first-order chi connectivity index (χ1) is 26.8. The Hall–Kier alpha value is -3.03. The highest BCUT2D eigenvalue weighted by Crippen LogP contribution is 2.41. The quantitative estimate of drug-likeness (QED) is 0.0496. The molecule has 0 radical (unpaired) electrons. The summed E-state index contributed by atoms with van der Waals surface area (Å²) in [5.41, 5.74) is 3.51. The summed E-state index contributed by atoms with van der Waals surface area (Å²) in [5, 5.41) is 11.9. The molecule has 0 saturated carbocycles. The van der Waals surface area contributed by atoms with Crippen LogP contribution in [-0.4, -0.2) is 64.3 Å². The number of carboxylic acid groups (broad SMARTS) is 1. The second-order valence-corrected chi connectivity index (χ2v) is 27.4. The lowest BCUT2D eigenvalue weighted by atomic mass is 9.96. The van der Waals surface area contributed by atoms with E-state index >= 15 is 0 Å². The van der Waals surface area contributed by atoms with E-state index in [-0.39, 0.29) is 21.8 Å². The molecule has 6 nitrogen and oxygen atoms in total. The number of hydrogen-bond acceptors (Lipinski definition) is 6. The van der Waals surface area contributed by atoms with E-state index in [2.05, 4.69) is 160 Å². The Labute approximate surface area is 351 Å². The van der Waals surface area contributed by atoms with Gasteiger partial charge in [-0.1, -0.05) is 151 Å². The molecule has 0 spiro atoms. The summed E-state index contributed by atoms with van der Waals surface area (Å²) < 4.78 is 28.9. The number of carbonyl (C=O) groups is 1. The third-order valence-corrected chi connectivity index (χ3v) is 21.2. The van der Waals surface area contributed by atoms with Crippen molar-refractivity contribution in [2.75, 3.05) is 12.2 Å². The molecule has 4 atom stereocenters. The maximum absolute atomic E-state index is 12.1. The Morgan fingerprint density at radius 2 is 1.26 bits per heavy atom. The molecule has 0 bridgehead atoms. The van der Waals surface area contributed by atoms with E-state index in [9.17, 15) is 9.90 Å². The minimum absolute atomic E-state index is 0.0484. The molecule has 0 fully saturated rings. The van der Waals surface area contributed by atoms with Crippen molar-refractivity contribution in [2.24, 2.45) is 0 Å². The first kappa shape index (κ1) is 48.3. The van der Waals surface area contributed by atoms with Gasteiger partial charge in [-0.25, -0.2) is 4.79 Å². The lowest BCUT2D eigenvalue weighted by Gasteiger charge is -2.47. The van der Waals surface area contributed by atoms with Crippen molar-refractivity contribution in [2.45, 2.75) is 136 Å². The number of allylic oxidation sites excluding steroid dienone is 1. The number of benzene rings is 3. The van der Waals surface area contributed by atoms with Gasteiger partial charge in [0, 0.05) is 5.57 Å². The van der Waals surface area contributed by atoms with E-state index in [0.717, 1.165) is 21.5 Å². The molecular formula is C48H70O6SSi2. The van der Waals surface area contributed by atoms with Crippen LogP contribution >= 0.6 is 11.8 Å². The maximum Gasteiger partial charge on any atom is 0.330 e. The molecule has 0 amide bonds. The van der Waals surface area contributed by atoms with Gasteiger partial charge < -0.3 is 23.4 Å². The zero-order valence-electron chi connectivity index (χ0n) is 36.9. The lowest BCUT2D eigenvalue weighted by Crippen LogP contribution is -2.69. The number of hydrogen-bond donors (Lipinski definition) is 1. The summed E-state index contributed by atoms with van der Waals surface area (Å²) in [6.07, 6.45) is 7.37. The monoisotopic (exact) mass is 830 g/mol. The summed E-state index contributed by atoms with van der Waals surface area (Å²) in [4.78, 5) is 12.1. The fourth-order valence-electron chi connectivity index (χ4n) is 6.74. The second kappa shape index (κ2) is 21.8. The molecule has 312 valence electrons. The smallest absolute Gasteiger partial charge is 0.330 e. The normalized spacial score (nSPS) is 15.9. The topological polar surface area (TPSA) is 74.2 Å². The lowest BCUT2D eigenvalue weighted by molar-refractivity contribution is -0.132. The molecule has 0 saturated heterocycles. The van der Waals surface area contributed by atoms with Crippen LogP contribution in [-0.2, 0) is 29.7 Å². The van der Waals surface area contributed by atoms with Crippen molar-refractivity contribution >= 4 is 44.7 Å². The van der Waals surface area contributed by atoms with Gasteiger partial charge in [-0.15, -0.1) is 11.8 Å². The summed E-state index contributed by atoms with van der Waals surface area (Å²) in [6, 6.07) is 31.5. The number of carboxylic acids is 1. The Morgan fingerprint density at radius 1 is 0.737 bits per heavy atom. The zero-order valence-corrected chi connectivity index (χ0v) is 39.7. The molecule has 3 aromatic rings. The first-order valence-corrected chi connectivity index (χ1v) is 26.4. The molecule has 1 N–H and O–H groups in total. The van der Waals surface area contributed by atoms with Crippen LogP contribution in [0.25, 0.3) is 0 Å². The minimum Gasteiger partial charge on any atom is -0.478 e. The van der Waals surface area contributed by atoms with Crippen LogP contribution in [0, 0.1) is 0 Å². The van der Waals surface area contributed by atoms with Gasteiger partial charge in [0.15, 0.2) is 8.32 Å². The van der Waals surface area contributed by atoms with Crippen LogP contribution in [0.15, 0.2) is 126 Å². The van der Waals surface area contributed by atoms with E-state index in [1.807, 2.05) is 24.5 Å². The Morgan fingerprint density at radius 3 is 1.72 bits per heavy atom. The standard InChI is InChI=1S/C48H70O6SSi2/c1-14-36(2)42(53-56(12,13)47(5,6)7)32-30-37(3)44(54-57(48(8,9)10,40-26-20-16-21-27-40)41-28-22-17-23-29-41)45(51-34-39-24-18-15-19-25-39)43(52-35-55-11)33-31-38(4)46(49)50/h14-31,42-45H,32-35H2,1-13H3,(H,49,50)/b36-14-,37-30+,38-31-. The largest absolute Gasteiger partial charge is 0.478 e. The van der Waals surface area contributed by atoms with E-state index in [0.29, 0.717) is 25.4 Å². The average Bonchev–Trinajstić information content (AvgIpc) is 3.17. The van der Waals surface area contributed by atoms with Crippen molar-refractivity contribution < 1.29 is 28.2 Å². The Bertz CT molecular complexity index is 1720. The van der Waals surface area contributed by atoms with E-state index in [4.69, 9.17) is 18.3 Å². The molecule has 0 aliphatic rings. The third-order valence-electron chi connectivity index (χ3n) is 11.4. The Balaban J connectivity index is 2.40. The van der Waals surface area contributed by atoms with Gasteiger partial charge in [-0.05, 0) is 97.0 Å². The minimum atomic E-state index is -3.16. The number of aliphatic carboxylic acids is 1. The van der Waals surface area contributed by atoms with Crippen molar-refractivity contribution in [3.8, 4) is 0 Å². The van der Waals surface area contributed by atoms with Crippen molar-refractivity contribution in [3.63, 3.8) is 0 Å². The fraction of sp³-hybridized carbons (Fsp3) is 0.479. The zero-order chi connectivity index (χ0) is 42.4. The molecule has 3 rings (SSSR count).